The van der Waals surface area contributed by atoms with E-state index in [9.17, 15) is 8.42 Å². The highest BCUT2D eigenvalue weighted by Gasteiger charge is 2.30. The maximum absolute atomic E-state index is 12.6. The number of ether oxygens (including phenoxy) is 1. The van der Waals surface area contributed by atoms with Gasteiger partial charge in [0.05, 0.1) is 11.0 Å². The maximum Gasteiger partial charge on any atom is 0.243 e. The predicted octanol–water partition coefficient (Wildman–Crippen LogP) is 1.77. The first-order valence-corrected chi connectivity index (χ1v) is 8.37. The van der Waals surface area contributed by atoms with Crippen molar-refractivity contribution in [1.29, 1.82) is 0 Å². The Morgan fingerprint density at radius 2 is 2.20 bits per heavy atom. The summed E-state index contributed by atoms with van der Waals surface area (Å²) in [7, 11) is -3.45. The molecule has 0 saturated carbocycles. The van der Waals surface area contributed by atoms with Crippen molar-refractivity contribution in [2.45, 2.75) is 37.7 Å². The van der Waals surface area contributed by atoms with Crippen molar-refractivity contribution >= 4 is 15.7 Å². The number of nitrogen functional groups attached to an aromatic ring is 1. The number of piperidine rings is 1. The molecule has 0 aliphatic carbocycles. The van der Waals surface area contributed by atoms with E-state index in [0.29, 0.717) is 30.3 Å². The largest absolute Gasteiger partial charge is 0.399 e. The van der Waals surface area contributed by atoms with Gasteiger partial charge in [-0.3, -0.25) is 0 Å². The van der Waals surface area contributed by atoms with Crippen LogP contribution in [0.25, 0.3) is 0 Å². The summed E-state index contributed by atoms with van der Waals surface area (Å²) in [5.41, 5.74) is 7.13. The lowest BCUT2D eigenvalue weighted by molar-refractivity contribution is 0.0265. The fraction of sp³-hybridized carbons (Fsp3) is 0.571. The van der Waals surface area contributed by atoms with E-state index >= 15 is 0 Å². The first-order chi connectivity index (χ1) is 9.45. The molecule has 2 N–H and O–H groups in total. The van der Waals surface area contributed by atoms with E-state index in [1.54, 1.807) is 18.2 Å². The zero-order valence-electron chi connectivity index (χ0n) is 12.0. The Bertz CT molecular complexity index is 570. The lowest BCUT2D eigenvalue weighted by atomic mass is 10.1. The second kappa shape index (κ2) is 6.11. The molecule has 1 saturated heterocycles. The third-order valence-corrected chi connectivity index (χ3v) is 5.48. The van der Waals surface area contributed by atoms with E-state index in [1.807, 2.05) is 13.8 Å². The number of benzene rings is 1. The minimum Gasteiger partial charge on any atom is -0.399 e. The Labute approximate surface area is 120 Å². The quantitative estimate of drug-likeness (QED) is 0.860. The second-order valence-corrected chi connectivity index (χ2v) is 7.04. The van der Waals surface area contributed by atoms with Gasteiger partial charge in [0.15, 0.2) is 0 Å². The van der Waals surface area contributed by atoms with Crippen molar-refractivity contribution in [2.24, 2.45) is 0 Å². The minimum atomic E-state index is -3.45. The molecular formula is C14H22N2O3S. The fourth-order valence-electron chi connectivity index (χ4n) is 2.45. The van der Waals surface area contributed by atoms with E-state index in [0.717, 1.165) is 18.4 Å². The number of anilines is 1. The number of hydrogen-bond donors (Lipinski definition) is 1. The third-order valence-electron chi connectivity index (χ3n) is 3.62. The summed E-state index contributed by atoms with van der Waals surface area (Å²) in [5, 5.41) is 0. The van der Waals surface area contributed by atoms with Gasteiger partial charge in [0.1, 0.15) is 0 Å². The van der Waals surface area contributed by atoms with Crippen LogP contribution in [0, 0.1) is 6.92 Å². The zero-order chi connectivity index (χ0) is 14.8. The van der Waals surface area contributed by atoms with Crippen molar-refractivity contribution in [1.82, 2.24) is 4.31 Å². The Morgan fingerprint density at radius 3 is 2.85 bits per heavy atom. The molecule has 20 heavy (non-hydrogen) atoms. The Hall–Kier alpha value is -1.11. The van der Waals surface area contributed by atoms with Crippen molar-refractivity contribution < 1.29 is 13.2 Å². The highest BCUT2D eigenvalue weighted by Crippen LogP contribution is 2.24. The molecule has 1 aromatic carbocycles. The molecular weight excluding hydrogens is 276 g/mol. The smallest absolute Gasteiger partial charge is 0.243 e. The standard InChI is InChI=1S/C14H22N2O3S/c1-3-19-12-5-4-8-16(10-12)20(17,18)13-6-7-14(15)11(2)9-13/h6-7,9,12H,3-5,8,10,15H2,1-2H3. The van der Waals surface area contributed by atoms with Gasteiger partial charge >= 0.3 is 0 Å². The van der Waals surface area contributed by atoms with Crippen LogP contribution in [0.1, 0.15) is 25.3 Å². The van der Waals surface area contributed by atoms with Crippen LogP contribution in [0.4, 0.5) is 5.69 Å². The second-order valence-electron chi connectivity index (χ2n) is 5.10. The summed E-state index contributed by atoms with van der Waals surface area (Å²) in [5.74, 6) is 0. The van der Waals surface area contributed by atoms with Crippen LogP contribution < -0.4 is 5.73 Å². The number of nitrogens with zero attached hydrogens (tertiary/aromatic N) is 1. The maximum atomic E-state index is 12.6. The van der Waals surface area contributed by atoms with Gasteiger partial charge in [0, 0.05) is 25.4 Å². The molecule has 0 bridgehead atoms. The highest BCUT2D eigenvalue weighted by molar-refractivity contribution is 7.89. The van der Waals surface area contributed by atoms with E-state index in [1.165, 1.54) is 4.31 Å². The van der Waals surface area contributed by atoms with Crippen LogP contribution in [0.3, 0.4) is 0 Å². The molecule has 1 aliphatic heterocycles. The van der Waals surface area contributed by atoms with Gasteiger partial charge in [-0.2, -0.15) is 4.31 Å². The van der Waals surface area contributed by atoms with Crippen LogP contribution >= 0.6 is 0 Å². The Morgan fingerprint density at radius 1 is 1.45 bits per heavy atom. The number of nitrogens with two attached hydrogens (primary N) is 1. The number of rotatable bonds is 4. The van der Waals surface area contributed by atoms with Crippen LogP contribution in [0.15, 0.2) is 23.1 Å². The van der Waals surface area contributed by atoms with E-state index < -0.39 is 10.0 Å². The summed E-state index contributed by atoms with van der Waals surface area (Å²) in [6, 6.07) is 4.85. The topological polar surface area (TPSA) is 72.6 Å². The van der Waals surface area contributed by atoms with Crippen molar-refractivity contribution in [3.8, 4) is 0 Å². The number of sulfonamides is 1. The van der Waals surface area contributed by atoms with Crippen LogP contribution in [0.2, 0.25) is 0 Å². The predicted molar refractivity (Wildman–Crippen MR) is 79.0 cm³/mol. The molecule has 112 valence electrons. The van der Waals surface area contributed by atoms with Gasteiger partial charge in [-0.15, -0.1) is 0 Å². The van der Waals surface area contributed by atoms with E-state index in [-0.39, 0.29) is 6.10 Å². The zero-order valence-corrected chi connectivity index (χ0v) is 12.8. The first kappa shape index (κ1) is 15.3. The molecule has 6 heteroatoms. The summed E-state index contributed by atoms with van der Waals surface area (Å²) in [4.78, 5) is 0.307. The van der Waals surface area contributed by atoms with Gasteiger partial charge in [-0.05, 0) is 50.5 Å². The molecule has 1 aliphatic rings. The molecule has 1 aromatic rings. The minimum absolute atomic E-state index is 0.00148. The van der Waals surface area contributed by atoms with E-state index in [2.05, 4.69) is 0 Å². The molecule has 5 nitrogen and oxygen atoms in total. The average molecular weight is 298 g/mol. The molecule has 0 radical (unpaired) electrons. The fourth-order valence-corrected chi connectivity index (χ4v) is 4.05. The number of hydrogen-bond acceptors (Lipinski definition) is 4. The molecule has 1 heterocycles. The molecule has 1 unspecified atom stereocenters. The molecule has 0 spiro atoms. The molecule has 0 amide bonds. The van der Waals surface area contributed by atoms with Crippen molar-refractivity contribution in [2.75, 3.05) is 25.4 Å². The van der Waals surface area contributed by atoms with Crippen molar-refractivity contribution in [3.63, 3.8) is 0 Å². The van der Waals surface area contributed by atoms with Crippen molar-refractivity contribution in [3.05, 3.63) is 23.8 Å². The van der Waals surface area contributed by atoms with Gasteiger partial charge in [-0.1, -0.05) is 0 Å². The summed E-state index contributed by atoms with van der Waals surface area (Å²) >= 11 is 0. The normalized spacial score (nSPS) is 21.0. The summed E-state index contributed by atoms with van der Waals surface area (Å²) in [6.45, 7) is 5.33. The first-order valence-electron chi connectivity index (χ1n) is 6.93. The number of aryl methyl sites for hydroxylation is 1. The molecule has 1 atom stereocenters. The van der Waals surface area contributed by atoms with Crippen LogP contribution in [-0.4, -0.2) is 38.5 Å². The summed E-state index contributed by atoms with van der Waals surface area (Å²) in [6.07, 6.45) is 1.75. The Balaban J connectivity index is 2.23. The lowest BCUT2D eigenvalue weighted by Gasteiger charge is -2.31. The van der Waals surface area contributed by atoms with Crippen LogP contribution in [-0.2, 0) is 14.8 Å². The van der Waals surface area contributed by atoms with Gasteiger partial charge in [0.25, 0.3) is 0 Å². The molecule has 0 aromatic heterocycles. The third kappa shape index (κ3) is 3.13. The Kier molecular flexibility index (Phi) is 4.67. The van der Waals surface area contributed by atoms with Gasteiger partial charge < -0.3 is 10.5 Å². The summed E-state index contributed by atoms with van der Waals surface area (Å²) < 4.78 is 32.3. The van der Waals surface area contributed by atoms with E-state index in [4.69, 9.17) is 10.5 Å². The van der Waals surface area contributed by atoms with Crippen LogP contribution in [0.5, 0.6) is 0 Å². The molecule has 2 rings (SSSR count). The van der Waals surface area contributed by atoms with Gasteiger partial charge in [0.2, 0.25) is 10.0 Å². The lowest BCUT2D eigenvalue weighted by Crippen LogP contribution is -2.43. The van der Waals surface area contributed by atoms with Gasteiger partial charge in [-0.25, -0.2) is 8.42 Å². The SMILES string of the molecule is CCOC1CCCN(S(=O)(=O)c2ccc(N)c(C)c2)C1. The average Bonchev–Trinajstić information content (AvgIpc) is 2.42. The highest BCUT2D eigenvalue weighted by atomic mass is 32.2. The molecule has 1 fully saturated rings. The monoisotopic (exact) mass is 298 g/mol.